The minimum absolute atomic E-state index is 0.0162. The largest absolute Gasteiger partial charge is 0.540 e. The molecule has 0 fully saturated rings. The van der Waals surface area contributed by atoms with Crippen molar-refractivity contribution in [2.45, 2.75) is 5.92 Å². The maximum absolute atomic E-state index is 11.0. The third-order valence-electron chi connectivity index (χ3n) is 2.25. The Morgan fingerprint density at radius 3 is 2.67 bits per heavy atom. The van der Waals surface area contributed by atoms with E-state index in [1.807, 2.05) is 0 Å². The fraction of sp³-hybridized carbons (Fsp3) is 0.222. The van der Waals surface area contributed by atoms with Gasteiger partial charge in [-0.05, 0) is 5.56 Å². The lowest BCUT2D eigenvalue weighted by atomic mass is 10.00. The van der Waals surface area contributed by atoms with Crippen LogP contribution in [0, 0.1) is 15.3 Å². The Bertz CT molecular complexity index is 415. The standard InChI is InChI=1S/C9H8N2O4/c12-10(13)9-8(6-15-11(9)14)7-4-2-1-3-5-7/h1-5,8H,6H2. The first-order valence-electron chi connectivity index (χ1n) is 4.36. The minimum atomic E-state index is -0.697. The summed E-state index contributed by atoms with van der Waals surface area (Å²) in [5, 5.41) is 21.7. The highest BCUT2D eigenvalue weighted by atomic mass is 16.9. The summed E-state index contributed by atoms with van der Waals surface area (Å²) in [6.45, 7) is 0.0177. The van der Waals surface area contributed by atoms with Gasteiger partial charge < -0.3 is 4.84 Å². The molecule has 1 aliphatic heterocycles. The second kappa shape index (κ2) is 3.56. The van der Waals surface area contributed by atoms with E-state index in [2.05, 4.69) is 4.84 Å². The summed E-state index contributed by atoms with van der Waals surface area (Å²) in [6, 6.07) is 8.80. The molecule has 0 aliphatic carbocycles. The monoisotopic (exact) mass is 208 g/mol. The zero-order valence-corrected chi connectivity index (χ0v) is 7.70. The molecule has 0 saturated heterocycles. The molecule has 6 heteroatoms. The van der Waals surface area contributed by atoms with E-state index in [1.54, 1.807) is 30.3 Å². The maximum atomic E-state index is 11.0. The molecule has 1 aromatic rings. The normalized spacial score (nSPS) is 20.1. The van der Waals surface area contributed by atoms with E-state index in [4.69, 9.17) is 0 Å². The maximum Gasteiger partial charge on any atom is 0.540 e. The molecule has 78 valence electrons. The van der Waals surface area contributed by atoms with Crippen LogP contribution >= 0.6 is 0 Å². The first kappa shape index (κ1) is 9.45. The Labute approximate surface area is 85.1 Å². The third kappa shape index (κ3) is 1.61. The minimum Gasteiger partial charge on any atom is -0.397 e. The molecule has 0 N–H and O–H groups in total. The van der Waals surface area contributed by atoms with Crippen LogP contribution in [0.5, 0.6) is 0 Å². The fourth-order valence-corrected chi connectivity index (χ4v) is 1.53. The Balaban J connectivity index is 2.37. The van der Waals surface area contributed by atoms with Crippen LogP contribution in [0.15, 0.2) is 30.3 Å². The number of hydrogen-bond acceptors (Lipinski definition) is 4. The van der Waals surface area contributed by atoms with Crippen molar-refractivity contribution in [2.75, 3.05) is 6.61 Å². The molecule has 1 unspecified atom stereocenters. The van der Waals surface area contributed by atoms with Gasteiger partial charge in [-0.2, -0.15) is 0 Å². The summed E-state index contributed by atoms with van der Waals surface area (Å²) in [5.74, 6) is -1.04. The van der Waals surface area contributed by atoms with Crippen LogP contribution in [0.2, 0.25) is 0 Å². The van der Waals surface area contributed by atoms with Crippen molar-refractivity contribution < 1.29 is 14.7 Å². The lowest BCUT2D eigenvalue weighted by molar-refractivity contribution is -0.747. The summed E-state index contributed by atoms with van der Waals surface area (Å²) < 4.78 is 0. The quantitative estimate of drug-likeness (QED) is 0.390. The van der Waals surface area contributed by atoms with Crippen molar-refractivity contribution in [1.82, 2.24) is 0 Å². The van der Waals surface area contributed by atoms with Crippen molar-refractivity contribution in [3.8, 4) is 0 Å². The molecule has 0 amide bonds. The summed E-state index contributed by atoms with van der Waals surface area (Å²) in [5.41, 5.74) is 0.711. The van der Waals surface area contributed by atoms with E-state index in [0.717, 1.165) is 0 Å². The molecule has 1 aromatic carbocycles. The Morgan fingerprint density at radius 2 is 2.07 bits per heavy atom. The second-order valence-electron chi connectivity index (χ2n) is 3.13. The van der Waals surface area contributed by atoms with Crippen molar-refractivity contribution in [3.63, 3.8) is 0 Å². The number of nitro groups is 1. The van der Waals surface area contributed by atoms with Crippen molar-refractivity contribution in [1.29, 1.82) is 0 Å². The molecular weight excluding hydrogens is 200 g/mol. The Hall–Kier alpha value is -2.11. The van der Waals surface area contributed by atoms with Gasteiger partial charge in [0.1, 0.15) is 9.83 Å². The summed E-state index contributed by atoms with van der Waals surface area (Å²) in [6.07, 6.45) is 0. The van der Waals surface area contributed by atoms with Gasteiger partial charge in [0.05, 0.1) is 6.61 Å². The molecule has 0 bridgehead atoms. The van der Waals surface area contributed by atoms with E-state index in [0.29, 0.717) is 5.56 Å². The van der Waals surface area contributed by atoms with Crippen LogP contribution in [0.4, 0.5) is 0 Å². The van der Waals surface area contributed by atoms with Crippen LogP contribution in [0.1, 0.15) is 11.5 Å². The van der Waals surface area contributed by atoms with Gasteiger partial charge in [0.25, 0.3) is 0 Å². The molecule has 1 atom stereocenters. The molecule has 6 nitrogen and oxygen atoms in total. The predicted octanol–water partition coefficient (Wildman–Crippen LogP) is 0.901. The fourth-order valence-electron chi connectivity index (χ4n) is 1.53. The number of rotatable bonds is 1. The van der Waals surface area contributed by atoms with E-state index < -0.39 is 16.7 Å². The van der Waals surface area contributed by atoms with Gasteiger partial charge in [-0.15, -0.1) is 0 Å². The molecular formula is C9H8N2O4. The molecule has 15 heavy (non-hydrogen) atoms. The van der Waals surface area contributed by atoms with Crippen LogP contribution in [0.3, 0.4) is 0 Å². The molecule has 0 saturated carbocycles. The summed E-state index contributed by atoms with van der Waals surface area (Å²) in [4.78, 5) is 14.5. The lowest BCUT2D eigenvalue weighted by Crippen LogP contribution is -2.23. The highest BCUT2D eigenvalue weighted by Crippen LogP contribution is 2.22. The smallest absolute Gasteiger partial charge is 0.397 e. The van der Waals surface area contributed by atoms with Crippen molar-refractivity contribution in [3.05, 3.63) is 51.2 Å². The molecule has 2 rings (SSSR count). The van der Waals surface area contributed by atoms with Crippen molar-refractivity contribution >= 4 is 5.84 Å². The van der Waals surface area contributed by atoms with Gasteiger partial charge in [-0.25, -0.2) is 0 Å². The van der Waals surface area contributed by atoms with Gasteiger partial charge in [-0.1, -0.05) is 30.3 Å². The van der Waals surface area contributed by atoms with Gasteiger partial charge in [0.15, 0.2) is 5.92 Å². The third-order valence-corrected chi connectivity index (χ3v) is 2.25. The van der Waals surface area contributed by atoms with Gasteiger partial charge in [-0.3, -0.25) is 15.3 Å². The first-order valence-corrected chi connectivity index (χ1v) is 4.36. The van der Waals surface area contributed by atoms with E-state index >= 15 is 0 Å². The number of hydrogen-bond donors (Lipinski definition) is 0. The summed E-state index contributed by atoms with van der Waals surface area (Å²) in [7, 11) is 0. The topological polar surface area (TPSA) is 78.4 Å². The zero-order chi connectivity index (χ0) is 10.8. The highest BCUT2D eigenvalue weighted by molar-refractivity contribution is 5.78. The molecule has 0 spiro atoms. The molecule has 0 aromatic heterocycles. The van der Waals surface area contributed by atoms with E-state index in [-0.39, 0.29) is 11.5 Å². The van der Waals surface area contributed by atoms with Crippen molar-refractivity contribution in [2.24, 2.45) is 0 Å². The zero-order valence-electron chi connectivity index (χ0n) is 7.70. The van der Waals surface area contributed by atoms with Crippen LogP contribution < -0.4 is 0 Å². The Kier molecular flexibility index (Phi) is 2.24. The average molecular weight is 208 g/mol. The first-order chi connectivity index (χ1) is 7.20. The number of amidine groups is 1. The molecule has 1 heterocycles. The summed E-state index contributed by atoms with van der Waals surface area (Å²) >= 11 is 0. The number of nitrogens with zero attached hydrogens (tertiary/aromatic N) is 2. The average Bonchev–Trinajstić information content (AvgIpc) is 2.61. The lowest BCUT2D eigenvalue weighted by Gasteiger charge is -2.02. The predicted molar refractivity (Wildman–Crippen MR) is 50.8 cm³/mol. The SMILES string of the molecule is O=[N+]([O-])C1=[N+]([O-])OCC1c1ccccc1. The Morgan fingerprint density at radius 1 is 1.40 bits per heavy atom. The van der Waals surface area contributed by atoms with Gasteiger partial charge >= 0.3 is 5.84 Å². The van der Waals surface area contributed by atoms with Crippen LogP contribution in [0.25, 0.3) is 0 Å². The van der Waals surface area contributed by atoms with E-state index in [1.165, 1.54) is 0 Å². The van der Waals surface area contributed by atoms with Gasteiger partial charge in [0, 0.05) is 0 Å². The van der Waals surface area contributed by atoms with Crippen LogP contribution in [-0.4, -0.2) is 22.3 Å². The van der Waals surface area contributed by atoms with Gasteiger partial charge in [0.2, 0.25) is 0 Å². The second-order valence-corrected chi connectivity index (χ2v) is 3.13. The highest BCUT2D eigenvalue weighted by Gasteiger charge is 2.43. The molecule has 1 aliphatic rings. The molecule has 0 radical (unpaired) electrons. The van der Waals surface area contributed by atoms with E-state index in [9.17, 15) is 15.3 Å². The van der Waals surface area contributed by atoms with Crippen LogP contribution in [-0.2, 0) is 4.84 Å². The number of benzene rings is 1.